The van der Waals surface area contributed by atoms with E-state index in [1.807, 2.05) is 24.3 Å². The van der Waals surface area contributed by atoms with Gasteiger partial charge in [-0.2, -0.15) is 13.2 Å². The molecule has 0 N–H and O–H groups in total. The number of aromatic nitrogens is 1. The lowest BCUT2D eigenvalue weighted by molar-refractivity contribution is -0.0885. The van der Waals surface area contributed by atoms with E-state index in [2.05, 4.69) is 6.92 Å². The smallest absolute Gasteiger partial charge is 0.349 e. The summed E-state index contributed by atoms with van der Waals surface area (Å²) in [6.07, 6.45) is -1.18. The molecular formula is C15H14F3NO. The maximum Gasteiger partial charge on any atom is 0.454 e. The lowest BCUT2D eigenvalue weighted by Gasteiger charge is -2.05. The molecule has 5 heteroatoms. The van der Waals surface area contributed by atoms with Gasteiger partial charge in [0.1, 0.15) is 0 Å². The largest absolute Gasteiger partial charge is 0.454 e. The van der Waals surface area contributed by atoms with Crippen LogP contribution in [0.2, 0.25) is 0 Å². The van der Waals surface area contributed by atoms with Gasteiger partial charge < -0.3 is 4.57 Å². The lowest BCUT2D eigenvalue weighted by atomic mass is 10.1. The van der Waals surface area contributed by atoms with E-state index < -0.39 is 12.0 Å². The summed E-state index contributed by atoms with van der Waals surface area (Å²) in [5.41, 5.74) is 1.85. The van der Waals surface area contributed by atoms with Gasteiger partial charge in [0.15, 0.2) is 0 Å². The highest BCUT2D eigenvalue weighted by Gasteiger charge is 2.39. The van der Waals surface area contributed by atoms with E-state index >= 15 is 0 Å². The van der Waals surface area contributed by atoms with Crippen molar-refractivity contribution in [3.8, 4) is 0 Å². The number of carbonyl (C=O) groups excluding carboxylic acids is 1. The van der Waals surface area contributed by atoms with E-state index in [1.165, 1.54) is 24.0 Å². The Morgan fingerprint density at radius 1 is 1.10 bits per heavy atom. The number of ketones is 1. The number of aryl methyl sites for hydroxylation is 1. The van der Waals surface area contributed by atoms with Gasteiger partial charge in [-0.1, -0.05) is 31.2 Å². The monoisotopic (exact) mass is 281 g/mol. The second-order valence-electron chi connectivity index (χ2n) is 4.57. The van der Waals surface area contributed by atoms with Gasteiger partial charge in [-0.3, -0.25) is 4.79 Å². The molecule has 0 unspecified atom stereocenters. The van der Waals surface area contributed by atoms with Crippen molar-refractivity contribution in [2.45, 2.75) is 26.1 Å². The molecular weight excluding hydrogens is 267 g/mol. The fourth-order valence-corrected chi connectivity index (χ4v) is 1.93. The molecule has 0 bridgehead atoms. The Morgan fingerprint density at radius 2 is 1.70 bits per heavy atom. The molecule has 1 aromatic carbocycles. The highest BCUT2D eigenvalue weighted by Crippen LogP contribution is 2.21. The van der Waals surface area contributed by atoms with Crippen LogP contribution in [-0.2, 0) is 13.0 Å². The van der Waals surface area contributed by atoms with Crippen LogP contribution in [0.1, 0.15) is 28.4 Å². The van der Waals surface area contributed by atoms with Gasteiger partial charge in [-0.15, -0.1) is 0 Å². The molecule has 1 heterocycles. The first kappa shape index (κ1) is 14.4. The lowest BCUT2D eigenvalue weighted by Crippen LogP contribution is -2.22. The third-order valence-corrected chi connectivity index (χ3v) is 3.07. The van der Waals surface area contributed by atoms with Crippen molar-refractivity contribution in [1.82, 2.24) is 4.57 Å². The maximum absolute atomic E-state index is 12.3. The fraction of sp³-hybridized carbons (Fsp3) is 0.267. The molecule has 0 fully saturated rings. The van der Waals surface area contributed by atoms with Gasteiger partial charge in [0.2, 0.25) is 0 Å². The number of hydrogen-bond donors (Lipinski definition) is 0. The molecule has 0 saturated carbocycles. The van der Waals surface area contributed by atoms with Crippen LogP contribution in [0.5, 0.6) is 0 Å². The molecule has 0 aliphatic carbocycles. The van der Waals surface area contributed by atoms with E-state index in [4.69, 9.17) is 0 Å². The van der Waals surface area contributed by atoms with Crippen LogP contribution in [0.25, 0.3) is 0 Å². The van der Waals surface area contributed by atoms with Gasteiger partial charge in [0.25, 0.3) is 5.78 Å². The van der Waals surface area contributed by atoms with Crippen LogP contribution in [0.4, 0.5) is 13.2 Å². The molecule has 0 aliphatic heterocycles. The Morgan fingerprint density at radius 3 is 2.25 bits per heavy atom. The van der Waals surface area contributed by atoms with E-state index in [0.717, 1.165) is 12.0 Å². The van der Waals surface area contributed by atoms with E-state index in [1.54, 1.807) is 4.57 Å². The number of rotatable bonds is 4. The first-order valence-corrected chi connectivity index (χ1v) is 6.25. The molecule has 0 saturated heterocycles. The zero-order chi connectivity index (χ0) is 14.8. The number of halogens is 3. The summed E-state index contributed by atoms with van der Waals surface area (Å²) in [4.78, 5) is 11.1. The summed E-state index contributed by atoms with van der Waals surface area (Å²) in [6, 6.07) is 9.03. The molecule has 2 aromatic rings. The second-order valence-corrected chi connectivity index (χ2v) is 4.57. The van der Waals surface area contributed by atoms with Crippen LogP contribution in [0, 0.1) is 0 Å². The number of alkyl halides is 3. The number of hydrogen-bond acceptors (Lipinski definition) is 1. The first-order chi connectivity index (χ1) is 9.40. The average Bonchev–Trinajstić information content (AvgIpc) is 2.86. The summed E-state index contributed by atoms with van der Waals surface area (Å²) in [6.45, 7) is 2.49. The molecule has 20 heavy (non-hydrogen) atoms. The van der Waals surface area contributed by atoms with Gasteiger partial charge in [0, 0.05) is 24.5 Å². The zero-order valence-corrected chi connectivity index (χ0v) is 10.9. The minimum absolute atomic E-state index is 0.331. The number of benzene rings is 1. The standard InChI is InChI=1S/C15H14F3NO/c1-2-11-3-5-12(6-4-11)9-19-8-7-13(10-19)14(20)15(16,17)18/h3-8,10H,2,9H2,1H3. The predicted octanol–water partition coefficient (Wildman–Crippen LogP) is 3.84. The summed E-state index contributed by atoms with van der Waals surface area (Å²) in [7, 11) is 0. The third kappa shape index (κ3) is 3.29. The average molecular weight is 281 g/mol. The Bertz CT molecular complexity index is 596. The zero-order valence-electron chi connectivity index (χ0n) is 10.9. The highest BCUT2D eigenvalue weighted by atomic mass is 19.4. The topological polar surface area (TPSA) is 22.0 Å². The molecule has 2 nitrogen and oxygen atoms in total. The van der Waals surface area contributed by atoms with Crippen molar-refractivity contribution < 1.29 is 18.0 Å². The minimum atomic E-state index is -4.82. The van der Waals surface area contributed by atoms with Crippen LogP contribution < -0.4 is 0 Å². The fourth-order valence-electron chi connectivity index (χ4n) is 1.93. The maximum atomic E-state index is 12.3. The van der Waals surface area contributed by atoms with Crippen LogP contribution >= 0.6 is 0 Å². The molecule has 106 valence electrons. The van der Waals surface area contributed by atoms with Crippen molar-refractivity contribution >= 4 is 5.78 Å². The van der Waals surface area contributed by atoms with Gasteiger partial charge in [0.05, 0.1) is 0 Å². The normalized spacial score (nSPS) is 11.6. The molecule has 0 aliphatic rings. The van der Waals surface area contributed by atoms with Crippen LogP contribution in [0.3, 0.4) is 0 Å². The summed E-state index contributed by atoms with van der Waals surface area (Å²) < 4.78 is 38.5. The molecule has 0 atom stereocenters. The van der Waals surface area contributed by atoms with Crippen molar-refractivity contribution in [3.05, 3.63) is 59.4 Å². The first-order valence-electron chi connectivity index (χ1n) is 6.25. The Labute approximate surface area is 114 Å². The molecule has 0 amide bonds. The quantitative estimate of drug-likeness (QED) is 0.780. The van der Waals surface area contributed by atoms with E-state index in [-0.39, 0.29) is 5.56 Å². The molecule has 2 rings (SSSR count). The Balaban J connectivity index is 2.11. The second kappa shape index (κ2) is 5.53. The van der Waals surface area contributed by atoms with Gasteiger partial charge in [-0.05, 0) is 23.6 Å². The third-order valence-electron chi connectivity index (χ3n) is 3.07. The van der Waals surface area contributed by atoms with Crippen molar-refractivity contribution in [3.63, 3.8) is 0 Å². The number of Topliss-reactive ketones (excluding diaryl/α,β-unsaturated/α-hetero) is 1. The van der Waals surface area contributed by atoms with Crippen molar-refractivity contribution in [2.75, 3.05) is 0 Å². The van der Waals surface area contributed by atoms with Crippen LogP contribution in [-0.4, -0.2) is 16.5 Å². The molecule has 0 radical (unpaired) electrons. The molecule has 1 aromatic heterocycles. The van der Waals surface area contributed by atoms with Gasteiger partial charge >= 0.3 is 6.18 Å². The highest BCUT2D eigenvalue weighted by molar-refractivity contribution is 6.00. The summed E-state index contributed by atoms with van der Waals surface area (Å²) in [5.74, 6) is -1.81. The number of carbonyl (C=O) groups is 1. The number of nitrogens with zero attached hydrogens (tertiary/aromatic N) is 1. The SMILES string of the molecule is CCc1ccc(Cn2ccc(C(=O)C(F)(F)F)c2)cc1. The summed E-state index contributed by atoms with van der Waals surface area (Å²) >= 11 is 0. The Hall–Kier alpha value is -2.04. The van der Waals surface area contributed by atoms with E-state index in [0.29, 0.717) is 6.54 Å². The summed E-state index contributed by atoms with van der Waals surface area (Å²) in [5, 5.41) is 0. The molecule has 0 spiro atoms. The van der Waals surface area contributed by atoms with Gasteiger partial charge in [-0.25, -0.2) is 0 Å². The minimum Gasteiger partial charge on any atom is -0.349 e. The van der Waals surface area contributed by atoms with Crippen molar-refractivity contribution in [2.24, 2.45) is 0 Å². The van der Waals surface area contributed by atoms with Crippen molar-refractivity contribution in [1.29, 1.82) is 0 Å². The van der Waals surface area contributed by atoms with Crippen LogP contribution in [0.15, 0.2) is 42.7 Å². The van der Waals surface area contributed by atoms with E-state index in [9.17, 15) is 18.0 Å². The predicted molar refractivity (Wildman–Crippen MR) is 69.7 cm³/mol. The Kier molecular flexibility index (Phi) is 3.97.